The lowest BCUT2D eigenvalue weighted by molar-refractivity contribution is -0.137. The zero-order valence-corrected chi connectivity index (χ0v) is 13.2. The Kier molecular flexibility index (Phi) is 5.47. The summed E-state index contributed by atoms with van der Waals surface area (Å²) in [6, 6.07) is 13.2. The Bertz CT molecular complexity index is 689. The van der Waals surface area contributed by atoms with E-state index in [4.69, 9.17) is 9.84 Å². The maximum absolute atomic E-state index is 14.0. The van der Waals surface area contributed by atoms with Gasteiger partial charge < -0.3 is 15.2 Å². The molecule has 0 spiro atoms. The van der Waals surface area contributed by atoms with Gasteiger partial charge >= 0.3 is 0 Å². The summed E-state index contributed by atoms with van der Waals surface area (Å²) >= 11 is 0. The average Bonchev–Trinajstić information content (AvgIpc) is 2.55. The van der Waals surface area contributed by atoms with Gasteiger partial charge in [-0.1, -0.05) is 30.3 Å². The summed E-state index contributed by atoms with van der Waals surface area (Å²) in [4.78, 5) is 12.6. The zero-order valence-electron chi connectivity index (χ0n) is 13.2. The highest BCUT2D eigenvalue weighted by Crippen LogP contribution is 2.28. The molecular formula is C18H20FNO3. The molecule has 2 aromatic rings. The molecule has 0 aliphatic rings. The first-order valence-electron chi connectivity index (χ1n) is 7.32. The Morgan fingerprint density at radius 3 is 2.65 bits per heavy atom. The third kappa shape index (κ3) is 3.75. The van der Waals surface area contributed by atoms with Gasteiger partial charge in [-0.05, 0) is 37.1 Å². The normalized spacial score (nSPS) is 13.4. The van der Waals surface area contributed by atoms with E-state index in [1.165, 1.54) is 26.2 Å². The van der Waals surface area contributed by atoms with Crippen LogP contribution in [0.2, 0.25) is 0 Å². The molecular weight excluding hydrogens is 297 g/mol. The van der Waals surface area contributed by atoms with Crippen LogP contribution in [0.5, 0.6) is 0 Å². The van der Waals surface area contributed by atoms with Crippen LogP contribution in [0.4, 0.5) is 10.1 Å². The monoisotopic (exact) mass is 317 g/mol. The first-order chi connectivity index (χ1) is 11.0. The summed E-state index contributed by atoms with van der Waals surface area (Å²) in [6.07, 6.45) is 0.499. The van der Waals surface area contributed by atoms with Crippen LogP contribution >= 0.6 is 0 Å². The van der Waals surface area contributed by atoms with Gasteiger partial charge in [-0.2, -0.15) is 0 Å². The lowest BCUT2D eigenvalue weighted by Gasteiger charge is -2.27. The van der Waals surface area contributed by atoms with E-state index in [1.807, 2.05) is 6.07 Å². The van der Waals surface area contributed by atoms with Crippen molar-refractivity contribution in [1.82, 2.24) is 0 Å². The van der Waals surface area contributed by atoms with Gasteiger partial charge in [0.25, 0.3) is 5.91 Å². The number of rotatable bonds is 6. The molecule has 2 N–H and O–H groups in total. The van der Waals surface area contributed by atoms with Gasteiger partial charge in [-0.15, -0.1) is 0 Å². The summed E-state index contributed by atoms with van der Waals surface area (Å²) in [7, 11) is 1.37. The maximum Gasteiger partial charge on any atom is 0.261 e. The van der Waals surface area contributed by atoms with Gasteiger partial charge in [0.05, 0.1) is 0 Å². The number of ether oxygens (including phenoxy) is 1. The van der Waals surface area contributed by atoms with Gasteiger partial charge in [0, 0.05) is 25.0 Å². The lowest BCUT2D eigenvalue weighted by atomic mass is 9.94. The fraction of sp³-hybridized carbons (Fsp3) is 0.278. The number of amides is 1. The van der Waals surface area contributed by atoms with Crippen molar-refractivity contribution in [1.29, 1.82) is 0 Å². The van der Waals surface area contributed by atoms with Crippen LogP contribution in [-0.4, -0.2) is 24.7 Å². The second-order valence-electron chi connectivity index (χ2n) is 5.35. The second kappa shape index (κ2) is 7.35. The van der Waals surface area contributed by atoms with E-state index in [1.54, 1.807) is 30.3 Å². The fourth-order valence-electron chi connectivity index (χ4n) is 2.36. The molecule has 0 saturated heterocycles. The van der Waals surface area contributed by atoms with Crippen molar-refractivity contribution < 1.29 is 19.0 Å². The van der Waals surface area contributed by atoms with Gasteiger partial charge in [0.15, 0.2) is 5.60 Å². The molecule has 2 aromatic carbocycles. The standard InChI is InChI=1S/C18H20FNO3/c1-18(23-2,15-8-3-4-9-16(15)19)17(22)20-14-7-5-6-13(12-14)10-11-21/h3-9,12,21H,10-11H2,1-2H3,(H,20,22). The molecule has 0 fully saturated rings. The number of nitrogens with one attached hydrogen (secondary N) is 1. The molecule has 1 unspecified atom stereocenters. The number of hydrogen-bond acceptors (Lipinski definition) is 3. The average molecular weight is 317 g/mol. The van der Waals surface area contributed by atoms with Gasteiger partial charge in [0.2, 0.25) is 0 Å². The van der Waals surface area contributed by atoms with Crippen molar-refractivity contribution in [3.63, 3.8) is 0 Å². The third-order valence-corrected chi connectivity index (χ3v) is 3.81. The van der Waals surface area contributed by atoms with E-state index in [-0.39, 0.29) is 12.2 Å². The Morgan fingerprint density at radius 2 is 2.00 bits per heavy atom. The Morgan fingerprint density at radius 1 is 1.26 bits per heavy atom. The van der Waals surface area contributed by atoms with E-state index in [9.17, 15) is 9.18 Å². The minimum Gasteiger partial charge on any atom is -0.396 e. The van der Waals surface area contributed by atoms with Crippen LogP contribution < -0.4 is 5.32 Å². The van der Waals surface area contributed by atoms with Crippen LogP contribution in [0, 0.1) is 5.82 Å². The number of carbonyl (C=O) groups is 1. The number of halogens is 1. The molecule has 0 aliphatic heterocycles. The number of benzene rings is 2. The number of aliphatic hydroxyl groups is 1. The predicted octanol–water partition coefficient (Wildman–Crippen LogP) is 2.86. The molecule has 2 rings (SSSR count). The minimum atomic E-state index is -1.45. The quantitative estimate of drug-likeness (QED) is 0.861. The fourth-order valence-corrected chi connectivity index (χ4v) is 2.36. The molecule has 0 bridgehead atoms. The van der Waals surface area contributed by atoms with Crippen molar-refractivity contribution in [2.45, 2.75) is 18.9 Å². The molecule has 23 heavy (non-hydrogen) atoms. The Labute approximate surface area is 134 Å². The smallest absolute Gasteiger partial charge is 0.261 e. The number of aliphatic hydroxyl groups excluding tert-OH is 1. The summed E-state index contributed by atoms with van der Waals surface area (Å²) < 4.78 is 19.4. The molecule has 1 amide bonds. The van der Waals surface area contributed by atoms with Crippen LogP contribution in [0.1, 0.15) is 18.1 Å². The second-order valence-corrected chi connectivity index (χ2v) is 5.35. The topological polar surface area (TPSA) is 58.6 Å². The highest BCUT2D eigenvalue weighted by molar-refractivity contribution is 5.97. The first-order valence-corrected chi connectivity index (χ1v) is 7.32. The van der Waals surface area contributed by atoms with Gasteiger partial charge in [-0.3, -0.25) is 4.79 Å². The van der Waals surface area contributed by atoms with E-state index in [2.05, 4.69) is 5.32 Å². The van der Waals surface area contributed by atoms with Crippen LogP contribution in [0.25, 0.3) is 0 Å². The van der Waals surface area contributed by atoms with Crippen molar-refractivity contribution in [2.24, 2.45) is 0 Å². The maximum atomic E-state index is 14.0. The molecule has 122 valence electrons. The summed E-state index contributed by atoms with van der Waals surface area (Å²) in [5.74, 6) is -0.965. The molecule has 0 aromatic heterocycles. The van der Waals surface area contributed by atoms with Crippen LogP contribution in [0.3, 0.4) is 0 Å². The number of carbonyl (C=O) groups excluding carboxylic acids is 1. The zero-order chi connectivity index (χ0) is 16.9. The van der Waals surface area contributed by atoms with Crippen LogP contribution in [0.15, 0.2) is 48.5 Å². The molecule has 0 saturated carbocycles. The number of hydrogen-bond donors (Lipinski definition) is 2. The Balaban J connectivity index is 2.27. The number of methoxy groups -OCH3 is 1. The predicted molar refractivity (Wildman–Crippen MR) is 86.6 cm³/mol. The van der Waals surface area contributed by atoms with E-state index in [0.29, 0.717) is 12.1 Å². The molecule has 0 radical (unpaired) electrons. The van der Waals surface area contributed by atoms with Crippen molar-refractivity contribution in [2.75, 3.05) is 19.0 Å². The molecule has 5 heteroatoms. The first kappa shape index (κ1) is 17.1. The highest BCUT2D eigenvalue weighted by Gasteiger charge is 2.37. The third-order valence-electron chi connectivity index (χ3n) is 3.81. The highest BCUT2D eigenvalue weighted by atomic mass is 19.1. The largest absolute Gasteiger partial charge is 0.396 e. The van der Waals surface area contributed by atoms with Crippen LogP contribution in [-0.2, 0) is 21.6 Å². The van der Waals surface area contributed by atoms with Gasteiger partial charge in [0.1, 0.15) is 5.82 Å². The number of anilines is 1. The minimum absolute atomic E-state index is 0.0302. The van der Waals surface area contributed by atoms with E-state index >= 15 is 0 Å². The Hall–Kier alpha value is -2.24. The molecule has 0 aliphatic carbocycles. The summed E-state index contributed by atoms with van der Waals surface area (Å²) in [5.41, 5.74) is 0.195. The van der Waals surface area contributed by atoms with E-state index < -0.39 is 17.3 Å². The SMILES string of the molecule is COC(C)(C(=O)Nc1cccc(CCO)c1)c1ccccc1F. The molecule has 0 heterocycles. The van der Waals surface area contributed by atoms with Crippen molar-refractivity contribution in [3.8, 4) is 0 Å². The van der Waals surface area contributed by atoms with Crippen molar-refractivity contribution >= 4 is 11.6 Å². The molecule has 1 atom stereocenters. The summed E-state index contributed by atoms with van der Waals surface area (Å²) in [5, 5.41) is 11.7. The summed E-state index contributed by atoms with van der Waals surface area (Å²) in [6.45, 7) is 1.56. The van der Waals surface area contributed by atoms with Crippen molar-refractivity contribution in [3.05, 3.63) is 65.5 Å². The lowest BCUT2D eigenvalue weighted by Crippen LogP contribution is -2.40. The molecule has 4 nitrogen and oxygen atoms in total. The van der Waals surface area contributed by atoms with Gasteiger partial charge in [-0.25, -0.2) is 4.39 Å². The van der Waals surface area contributed by atoms with E-state index in [0.717, 1.165) is 5.56 Å².